The number of halogens is 3. The molecular weight excluding hydrogens is 249 g/mol. The highest BCUT2D eigenvalue weighted by atomic mass is 32.1. The van der Waals surface area contributed by atoms with Crippen molar-refractivity contribution in [3.05, 3.63) is 46.2 Å². The average Bonchev–Trinajstić information content (AvgIpc) is 2.61. The van der Waals surface area contributed by atoms with E-state index in [1.165, 1.54) is 4.68 Å². The lowest BCUT2D eigenvalue weighted by Gasteiger charge is -2.05. The van der Waals surface area contributed by atoms with E-state index in [4.69, 9.17) is 12.2 Å². The maximum absolute atomic E-state index is 12.5. The minimum absolute atomic E-state index is 0.0983. The fourth-order valence-electron chi connectivity index (χ4n) is 1.43. The van der Waals surface area contributed by atoms with E-state index in [9.17, 15) is 13.2 Å². The van der Waals surface area contributed by atoms with Crippen LogP contribution in [0.4, 0.5) is 13.2 Å². The third-order valence-electron chi connectivity index (χ3n) is 2.32. The quantitative estimate of drug-likeness (QED) is 0.770. The Kier molecular flexibility index (Phi) is 2.82. The van der Waals surface area contributed by atoms with Crippen LogP contribution in [0.3, 0.4) is 0 Å². The van der Waals surface area contributed by atoms with E-state index in [2.05, 4.69) is 5.10 Å². The molecule has 0 fully saturated rings. The molecule has 6 heteroatoms. The van der Waals surface area contributed by atoms with Gasteiger partial charge in [0.05, 0.1) is 5.69 Å². The molecule has 0 aliphatic carbocycles. The summed E-state index contributed by atoms with van der Waals surface area (Å²) in [7, 11) is 0. The maximum Gasteiger partial charge on any atom is 0.432 e. The first-order valence-corrected chi connectivity index (χ1v) is 5.25. The van der Waals surface area contributed by atoms with Crippen LogP contribution in [-0.2, 0) is 6.18 Å². The molecule has 1 aromatic carbocycles. The second kappa shape index (κ2) is 4.03. The molecule has 0 amide bonds. The molecule has 2 nitrogen and oxygen atoms in total. The van der Waals surface area contributed by atoms with Gasteiger partial charge in [-0.2, -0.15) is 13.2 Å². The highest BCUT2D eigenvalue weighted by Crippen LogP contribution is 2.28. The van der Waals surface area contributed by atoms with Gasteiger partial charge in [-0.1, -0.05) is 29.9 Å². The van der Waals surface area contributed by atoms with Gasteiger partial charge in [0.25, 0.3) is 0 Å². The summed E-state index contributed by atoms with van der Waals surface area (Å²) in [5.74, 6) is 0. The zero-order valence-corrected chi connectivity index (χ0v) is 9.69. The Balaban J connectivity index is 2.50. The van der Waals surface area contributed by atoms with E-state index in [-0.39, 0.29) is 4.64 Å². The van der Waals surface area contributed by atoms with Crippen molar-refractivity contribution in [1.82, 2.24) is 9.78 Å². The standard InChI is InChI=1S/C11H9F3N2S/c1-7-2-4-8(5-3-7)16-10(17)6-9(15-16)11(12,13)14/h2-6,15H,1H3. The summed E-state index contributed by atoms with van der Waals surface area (Å²) in [6, 6.07) is 7.95. The lowest BCUT2D eigenvalue weighted by atomic mass is 10.2. The molecule has 0 spiro atoms. The summed E-state index contributed by atoms with van der Waals surface area (Å²) >= 11 is 4.89. The third kappa shape index (κ3) is 2.41. The fraction of sp³-hybridized carbons (Fsp3) is 0.182. The average molecular weight is 258 g/mol. The molecule has 0 aliphatic heterocycles. The van der Waals surface area contributed by atoms with Gasteiger partial charge in [0, 0.05) is 6.07 Å². The lowest BCUT2D eigenvalue weighted by molar-refractivity contribution is -0.141. The first-order chi connectivity index (χ1) is 7.88. The first-order valence-electron chi connectivity index (χ1n) is 4.84. The van der Waals surface area contributed by atoms with E-state index < -0.39 is 11.9 Å². The van der Waals surface area contributed by atoms with E-state index in [0.29, 0.717) is 5.69 Å². The summed E-state index contributed by atoms with van der Waals surface area (Å²) in [5, 5.41) is 2.24. The number of rotatable bonds is 1. The molecule has 0 radical (unpaired) electrons. The van der Waals surface area contributed by atoms with Crippen LogP contribution >= 0.6 is 12.2 Å². The van der Waals surface area contributed by atoms with Gasteiger partial charge in [0.1, 0.15) is 10.3 Å². The zero-order valence-electron chi connectivity index (χ0n) is 8.88. The van der Waals surface area contributed by atoms with E-state index in [0.717, 1.165) is 11.6 Å². The molecule has 0 atom stereocenters. The highest BCUT2D eigenvalue weighted by Gasteiger charge is 2.33. The van der Waals surface area contributed by atoms with Crippen molar-refractivity contribution in [2.24, 2.45) is 0 Å². The van der Waals surface area contributed by atoms with Gasteiger partial charge in [-0.25, -0.2) is 4.68 Å². The molecule has 0 saturated heterocycles. The van der Waals surface area contributed by atoms with Crippen molar-refractivity contribution in [3.8, 4) is 5.69 Å². The number of nitrogens with zero attached hydrogens (tertiary/aromatic N) is 1. The number of hydrogen-bond donors (Lipinski definition) is 1. The summed E-state index contributed by atoms with van der Waals surface area (Å²) in [4.78, 5) is 0. The van der Waals surface area contributed by atoms with E-state index in [1.54, 1.807) is 12.1 Å². The van der Waals surface area contributed by atoms with Gasteiger partial charge < -0.3 is 0 Å². The SMILES string of the molecule is Cc1ccc(-n2[nH]c(C(F)(F)F)cc2=S)cc1. The number of aromatic nitrogens is 2. The van der Waals surface area contributed by atoms with Crippen molar-refractivity contribution in [2.45, 2.75) is 13.1 Å². The van der Waals surface area contributed by atoms with Gasteiger partial charge in [-0.15, -0.1) is 0 Å². The Hall–Kier alpha value is -1.56. The Labute approximate surface area is 101 Å². The Morgan fingerprint density at radius 2 is 1.76 bits per heavy atom. The number of alkyl halides is 3. The Bertz CT molecular complexity index is 578. The van der Waals surface area contributed by atoms with Crippen molar-refractivity contribution in [1.29, 1.82) is 0 Å². The highest BCUT2D eigenvalue weighted by molar-refractivity contribution is 7.71. The summed E-state index contributed by atoms with van der Waals surface area (Å²) in [6.07, 6.45) is -4.41. The number of aryl methyl sites for hydroxylation is 1. The van der Waals surface area contributed by atoms with Crippen molar-refractivity contribution in [2.75, 3.05) is 0 Å². The normalized spacial score (nSPS) is 11.8. The Morgan fingerprint density at radius 3 is 2.24 bits per heavy atom. The molecule has 0 aliphatic rings. The van der Waals surface area contributed by atoms with Crippen LogP contribution in [0.15, 0.2) is 30.3 Å². The molecule has 1 N–H and O–H groups in total. The summed E-state index contributed by atoms with van der Waals surface area (Å²) in [5.41, 5.74) is 0.766. The second-order valence-electron chi connectivity index (χ2n) is 3.68. The van der Waals surface area contributed by atoms with Crippen LogP contribution in [0.5, 0.6) is 0 Å². The molecule has 0 bridgehead atoms. The molecule has 0 unspecified atom stereocenters. The number of H-pyrrole nitrogens is 1. The molecular formula is C11H9F3N2S. The van der Waals surface area contributed by atoms with Crippen molar-refractivity contribution < 1.29 is 13.2 Å². The molecule has 2 aromatic rings. The number of aromatic amines is 1. The van der Waals surface area contributed by atoms with Crippen LogP contribution in [0.2, 0.25) is 0 Å². The molecule has 17 heavy (non-hydrogen) atoms. The second-order valence-corrected chi connectivity index (χ2v) is 4.10. The fourth-order valence-corrected chi connectivity index (χ4v) is 1.70. The van der Waals surface area contributed by atoms with Crippen LogP contribution in [-0.4, -0.2) is 9.78 Å². The Morgan fingerprint density at radius 1 is 1.18 bits per heavy atom. The van der Waals surface area contributed by atoms with Crippen LogP contribution in [0.25, 0.3) is 5.69 Å². The molecule has 90 valence electrons. The topological polar surface area (TPSA) is 20.7 Å². The molecule has 2 rings (SSSR count). The smallest absolute Gasteiger partial charge is 0.288 e. The predicted molar refractivity (Wildman–Crippen MR) is 60.7 cm³/mol. The van der Waals surface area contributed by atoms with Gasteiger partial charge in [0.2, 0.25) is 0 Å². The zero-order chi connectivity index (χ0) is 12.6. The van der Waals surface area contributed by atoms with Gasteiger partial charge in [0.15, 0.2) is 0 Å². The van der Waals surface area contributed by atoms with Gasteiger partial charge in [-0.3, -0.25) is 5.10 Å². The number of hydrogen-bond acceptors (Lipinski definition) is 1. The summed E-state index contributed by atoms with van der Waals surface area (Å²) < 4.78 is 38.7. The molecule has 0 saturated carbocycles. The maximum atomic E-state index is 12.5. The predicted octanol–water partition coefficient (Wildman–Crippen LogP) is 3.86. The van der Waals surface area contributed by atoms with Crippen LogP contribution in [0, 0.1) is 11.6 Å². The number of nitrogens with one attached hydrogen (secondary N) is 1. The van der Waals surface area contributed by atoms with E-state index >= 15 is 0 Å². The van der Waals surface area contributed by atoms with E-state index in [1.807, 2.05) is 19.1 Å². The van der Waals surface area contributed by atoms with Crippen LogP contribution < -0.4 is 0 Å². The van der Waals surface area contributed by atoms with Gasteiger partial charge in [-0.05, 0) is 19.1 Å². The first kappa shape index (κ1) is 11.9. The third-order valence-corrected chi connectivity index (χ3v) is 2.62. The van der Waals surface area contributed by atoms with Crippen molar-refractivity contribution in [3.63, 3.8) is 0 Å². The van der Waals surface area contributed by atoms with Crippen molar-refractivity contribution >= 4 is 12.2 Å². The minimum Gasteiger partial charge on any atom is -0.288 e. The lowest BCUT2D eigenvalue weighted by Crippen LogP contribution is -2.07. The molecule has 1 heterocycles. The monoisotopic (exact) mass is 258 g/mol. The largest absolute Gasteiger partial charge is 0.432 e. The summed E-state index contributed by atoms with van der Waals surface area (Å²) in [6.45, 7) is 1.90. The number of benzene rings is 1. The van der Waals surface area contributed by atoms with Crippen LogP contribution in [0.1, 0.15) is 11.3 Å². The molecule has 1 aromatic heterocycles. The van der Waals surface area contributed by atoms with Gasteiger partial charge >= 0.3 is 6.18 Å². The minimum atomic E-state index is -4.41.